The molecule has 1 saturated carbocycles. The van der Waals surface area contributed by atoms with Crippen LogP contribution in [0.15, 0.2) is 30.0 Å². The number of aliphatic hydroxyl groups excluding tert-OH is 1. The molecule has 0 spiro atoms. The van der Waals surface area contributed by atoms with E-state index in [1.165, 1.54) is 12.8 Å². The number of carbonyl (C=O) groups excluding carboxylic acids is 2. The van der Waals surface area contributed by atoms with Crippen LogP contribution in [-0.4, -0.2) is 59.1 Å². The zero-order valence-corrected chi connectivity index (χ0v) is 20.1. The second kappa shape index (κ2) is 10.7. The van der Waals surface area contributed by atoms with E-state index in [1.54, 1.807) is 4.90 Å². The van der Waals surface area contributed by atoms with Crippen molar-refractivity contribution in [2.75, 3.05) is 26.3 Å². The molecule has 6 heteroatoms. The molecule has 0 bridgehead atoms. The Morgan fingerprint density at radius 3 is 2.30 bits per heavy atom. The number of benzene rings is 1. The first-order valence-electron chi connectivity index (χ1n) is 12.7. The van der Waals surface area contributed by atoms with E-state index >= 15 is 0 Å². The highest BCUT2D eigenvalue weighted by Gasteiger charge is 2.45. The third kappa shape index (κ3) is 5.26. The van der Waals surface area contributed by atoms with Crippen LogP contribution in [0.25, 0.3) is 5.57 Å². The summed E-state index contributed by atoms with van der Waals surface area (Å²) in [6, 6.07) is 7.56. The number of aliphatic hydroxyl groups is 1. The van der Waals surface area contributed by atoms with Crippen molar-refractivity contribution in [2.24, 2.45) is 11.8 Å². The summed E-state index contributed by atoms with van der Waals surface area (Å²) in [6.07, 6.45) is 8.10. The van der Waals surface area contributed by atoms with E-state index in [0.717, 1.165) is 56.4 Å². The minimum absolute atomic E-state index is 0.0212. The van der Waals surface area contributed by atoms with Crippen LogP contribution >= 0.6 is 0 Å². The van der Waals surface area contributed by atoms with Crippen LogP contribution in [0.4, 0.5) is 0 Å². The number of ether oxygens (including phenoxy) is 1. The molecule has 2 amide bonds. The monoisotopic (exact) mass is 454 g/mol. The van der Waals surface area contributed by atoms with Crippen molar-refractivity contribution in [1.29, 1.82) is 0 Å². The summed E-state index contributed by atoms with van der Waals surface area (Å²) in [5, 5.41) is 9.74. The molecule has 3 aliphatic rings. The number of carbonyl (C=O) groups is 2. The number of hydrogen-bond acceptors (Lipinski definition) is 5. The molecular weight excluding hydrogens is 416 g/mol. The summed E-state index contributed by atoms with van der Waals surface area (Å²) in [7, 11) is 0. The molecule has 1 atom stereocenters. The summed E-state index contributed by atoms with van der Waals surface area (Å²) in [5.41, 5.74) is 1.80. The highest BCUT2D eigenvalue weighted by Crippen LogP contribution is 2.37. The molecule has 6 nitrogen and oxygen atoms in total. The Balaban J connectivity index is 1.67. The molecule has 0 aromatic heterocycles. The minimum Gasteiger partial charge on any atom is -0.493 e. The molecule has 2 heterocycles. The van der Waals surface area contributed by atoms with Crippen molar-refractivity contribution in [3.05, 3.63) is 35.5 Å². The predicted molar refractivity (Wildman–Crippen MR) is 128 cm³/mol. The van der Waals surface area contributed by atoms with Crippen molar-refractivity contribution in [3.8, 4) is 5.75 Å². The van der Waals surface area contributed by atoms with Gasteiger partial charge in [-0.15, -0.1) is 0 Å². The standard InChI is InChI=1S/C27H38N2O4/c1-19(2)18-33-23-13-11-21(12-14-23)24-25(28-15-7-8-20(16-28)17-30)27(32)29(26(24)31)22-9-5-3-4-6-10-22/h11-14,19-20,22,30H,3-10,15-18H2,1-2H3. The first-order chi connectivity index (χ1) is 16.0. The minimum atomic E-state index is -0.163. The lowest BCUT2D eigenvalue weighted by Gasteiger charge is -2.34. The van der Waals surface area contributed by atoms with Crippen molar-refractivity contribution < 1.29 is 19.4 Å². The molecule has 180 valence electrons. The molecule has 2 aliphatic heterocycles. The summed E-state index contributed by atoms with van der Waals surface area (Å²) in [4.78, 5) is 31.2. The maximum atomic E-state index is 13.8. The van der Waals surface area contributed by atoms with E-state index in [2.05, 4.69) is 18.7 Å². The van der Waals surface area contributed by atoms with Gasteiger partial charge < -0.3 is 14.7 Å². The largest absolute Gasteiger partial charge is 0.493 e. The zero-order valence-electron chi connectivity index (χ0n) is 20.1. The average Bonchev–Trinajstić information content (AvgIpc) is 2.98. The Morgan fingerprint density at radius 1 is 0.970 bits per heavy atom. The van der Waals surface area contributed by atoms with E-state index < -0.39 is 0 Å². The molecule has 1 saturated heterocycles. The smallest absolute Gasteiger partial charge is 0.278 e. The quantitative estimate of drug-likeness (QED) is 0.493. The molecule has 1 N–H and O–H groups in total. The van der Waals surface area contributed by atoms with Gasteiger partial charge in [-0.1, -0.05) is 51.7 Å². The first-order valence-corrected chi connectivity index (χ1v) is 12.7. The highest BCUT2D eigenvalue weighted by atomic mass is 16.5. The fraction of sp³-hybridized carbons (Fsp3) is 0.630. The molecule has 1 aliphatic carbocycles. The lowest BCUT2D eigenvalue weighted by molar-refractivity contribution is -0.140. The van der Waals surface area contributed by atoms with Crippen LogP contribution in [-0.2, 0) is 9.59 Å². The number of imide groups is 1. The first kappa shape index (κ1) is 23.8. The molecule has 1 unspecified atom stereocenters. The van der Waals surface area contributed by atoms with Crippen molar-refractivity contribution >= 4 is 17.4 Å². The van der Waals surface area contributed by atoms with Gasteiger partial charge in [-0.25, -0.2) is 0 Å². The predicted octanol–water partition coefficient (Wildman–Crippen LogP) is 4.23. The summed E-state index contributed by atoms with van der Waals surface area (Å²) in [5.74, 6) is 1.02. The number of piperidine rings is 1. The Labute approximate surface area is 197 Å². The van der Waals surface area contributed by atoms with Crippen LogP contribution < -0.4 is 4.74 Å². The fourth-order valence-electron chi connectivity index (χ4n) is 5.33. The number of likely N-dealkylation sites (tertiary alicyclic amines) is 1. The van der Waals surface area contributed by atoms with Crippen LogP contribution in [0.2, 0.25) is 0 Å². The summed E-state index contributed by atoms with van der Waals surface area (Å²) in [6.45, 7) is 6.31. The number of hydrogen-bond donors (Lipinski definition) is 1. The molecule has 1 aromatic carbocycles. The maximum absolute atomic E-state index is 13.8. The number of nitrogens with zero attached hydrogens (tertiary/aromatic N) is 2. The van der Waals surface area contributed by atoms with Gasteiger partial charge in [0.15, 0.2) is 0 Å². The second-order valence-electron chi connectivity index (χ2n) is 10.2. The van der Waals surface area contributed by atoms with Crippen LogP contribution in [0.1, 0.15) is 70.8 Å². The second-order valence-corrected chi connectivity index (χ2v) is 10.2. The Hall–Kier alpha value is -2.34. The van der Waals surface area contributed by atoms with Gasteiger partial charge in [0.25, 0.3) is 11.8 Å². The van der Waals surface area contributed by atoms with E-state index in [4.69, 9.17) is 4.74 Å². The van der Waals surface area contributed by atoms with Crippen molar-refractivity contribution in [2.45, 2.75) is 71.3 Å². The van der Waals surface area contributed by atoms with Crippen LogP contribution in [0.5, 0.6) is 5.75 Å². The highest BCUT2D eigenvalue weighted by molar-refractivity contribution is 6.35. The van der Waals surface area contributed by atoms with Gasteiger partial charge in [0.2, 0.25) is 0 Å². The van der Waals surface area contributed by atoms with E-state index in [0.29, 0.717) is 30.3 Å². The average molecular weight is 455 g/mol. The summed E-state index contributed by atoms with van der Waals surface area (Å²) < 4.78 is 5.82. The van der Waals surface area contributed by atoms with Gasteiger partial charge in [-0.3, -0.25) is 14.5 Å². The molecule has 0 radical (unpaired) electrons. The molecular formula is C27H38N2O4. The number of rotatable bonds is 7. The maximum Gasteiger partial charge on any atom is 0.278 e. The van der Waals surface area contributed by atoms with Crippen molar-refractivity contribution in [3.63, 3.8) is 0 Å². The molecule has 4 rings (SSSR count). The SMILES string of the molecule is CC(C)COc1ccc(C2=C(N3CCCC(CO)C3)C(=O)N(C3CCCCCC3)C2=O)cc1. The normalized spacial score (nSPS) is 23.0. The van der Waals surface area contributed by atoms with Gasteiger partial charge in [-0.05, 0) is 55.2 Å². The molecule has 33 heavy (non-hydrogen) atoms. The third-order valence-electron chi connectivity index (χ3n) is 7.10. The van der Waals surface area contributed by atoms with Gasteiger partial charge in [0, 0.05) is 25.7 Å². The van der Waals surface area contributed by atoms with E-state index in [1.807, 2.05) is 24.3 Å². The van der Waals surface area contributed by atoms with E-state index in [9.17, 15) is 14.7 Å². The molecule has 1 aromatic rings. The Morgan fingerprint density at radius 2 is 1.67 bits per heavy atom. The van der Waals surface area contributed by atoms with E-state index in [-0.39, 0.29) is 30.4 Å². The van der Waals surface area contributed by atoms with Gasteiger partial charge in [0.1, 0.15) is 11.4 Å². The van der Waals surface area contributed by atoms with Gasteiger partial charge in [-0.2, -0.15) is 0 Å². The van der Waals surface area contributed by atoms with Crippen LogP contribution in [0.3, 0.4) is 0 Å². The van der Waals surface area contributed by atoms with Crippen LogP contribution in [0, 0.1) is 11.8 Å². The Bertz CT molecular complexity index is 869. The third-order valence-corrected chi connectivity index (χ3v) is 7.10. The molecule has 2 fully saturated rings. The topological polar surface area (TPSA) is 70.1 Å². The summed E-state index contributed by atoms with van der Waals surface area (Å²) >= 11 is 0. The number of amides is 2. The lowest BCUT2D eigenvalue weighted by Crippen LogP contribution is -2.44. The van der Waals surface area contributed by atoms with Gasteiger partial charge >= 0.3 is 0 Å². The Kier molecular flexibility index (Phi) is 7.74. The lowest BCUT2D eigenvalue weighted by atomic mass is 9.97. The van der Waals surface area contributed by atoms with Crippen molar-refractivity contribution in [1.82, 2.24) is 9.80 Å². The fourth-order valence-corrected chi connectivity index (χ4v) is 5.33. The van der Waals surface area contributed by atoms with Gasteiger partial charge in [0.05, 0.1) is 12.2 Å². The zero-order chi connectivity index (χ0) is 23.4.